The van der Waals surface area contributed by atoms with Crippen LogP contribution in [0.15, 0.2) is 40.2 Å². The maximum absolute atomic E-state index is 11.9. The van der Waals surface area contributed by atoms with Crippen LogP contribution in [0.2, 0.25) is 0 Å². The highest BCUT2D eigenvalue weighted by molar-refractivity contribution is 9.10. The first-order chi connectivity index (χ1) is 8.16. The van der Waals surface area contributed by atoms with Crippen LogP contribution in [0, 0.1) is 6.92 Å². The summed E-state index contributed by atoms with van der Waals surface area (Å²) in [5, 5.41) is 4.93. The highest BCUT2D eigenvalue weighted by Crippen LogP contribution is 2.19. The molecule has 0 saturated heterocycles. The third-order valence-corrected chi connectivity index (χ3v) is 4.13. The Morgan fingerprint density at radius 1 is 1.41 bits per heavy atom. The lowest BCUT2D eigenvalue weighted by Crippen LogP contribution is -2.23. The van der Waals surface area contributed by atoms with E-state index in [0.29, 0.717) is 6.54 Å². The SMILES string of the molecule is Cc1ccccc1C(=O)NCc1cc(Br)cs1. The predicted octanol–water partition coefficient (Wildman–Crippen LogP) is 3.75. The first kappa shape index (κ1) is 12.3. The second-order valence-corrected chi connectivity index (χ2v) is 5.64. The number of hydrogen-bond donors (Lipinski definition) is 1. The van der Waals surface area contributed by atoms with Crippen LogP contribution in [0.4, 0.5) is 0 Å². The van der Waals surface area contributed by atoms with Crippen molar-refractivity contribution in [1.82, 2.24) is 5.32 Å². The molecule has 0 atom stereocenters. The molecule has 4 heteroatoms. The molecular weight excluding hydrogens is 298 g/mol. The van der Waals surface area contributed by atoms with Gasteiger partial charge >= 0.3 is 0 Å². The minimum absolute atomic E-state index is 0.0207. The summed E-state index contributed by atoms with van der Waals surface area (Å²) in [7, 11) is 0. The van der Waals surface area contributed by atoms with Crippen LogP contribution in [-0.2, 0) is 6.54 Å². The Hall–Kier alpha value is -1.13. The zero-order valence-corrected chi connectivity index (χ0v) is 11.8. The topological polar surface area (TPSA) is 29.1 Å². The van der Waals surface area contributed by atoms with Gasteiger partial charge in [0, 0.05) is 20.3 Å². The summed E-state index contributed by atoms with van der Waals surface area (Å²) in [6.45, 7) is 2.51. The van der Waals surface area contributed by atoms with Crippen molar-refractivity contribution in [2.24, 2.45) is 0 Å². The summed E-state index contributed by atoms with van der Waals surface area (Å²) in [5.41, 5.74) is 1.74. The minimum atomic E-state index is -0.0207. The van der Waals surface area contributed by atoms with Gasteiger partial charge in [-0.05, 0) is 40.5 Å². The van der Waals surface area contributed by atoms with E-state index in [9.17, 15) is 4.79 Å². The average molecular weight is 310 g/mol. The van der Waals surface area contributed by atoms with Gasteiger partial charge in [0.1, 0.15) is 0 Å². The molecule has 2 aromatic rings. The molecule has 1 aromatic heterocycles. The molecule has 1 N–H and O–H groups in total. The number of hydrogen-bond acceptors (Lipinski definition) is 2. The van der Waals surface area contributed by atoms with Crippen LogP contribution < -0.4 is 5.32 Å². The Bertz CT molecular complexity index is 536. The number of thiophene rings is 1. The second-order valence-electron chi connectivity index (χ2n) is 3.73. The van der Waals surface area contributed by atoms with Gasteiger partial charge in [-0.1, -0.05) is 18.2 Å². The highest BCUT2D eigenvalue weighted by Gasteiger charge is 2.07. The van der Waals surface area contributed by atoms with E-state index in [1.807, 2.05) is 42.6 Å². The molecule has 2 rings (SSSR count). The third kappa shape index (κ3) is 3.17. The maximum atomic E-state index is 11.9. The van der Waals surface area contributed by atoms with Crippen LogP contribution in [-0.4, -0.2) is 5.91 Å². The fourth-order valence-corrected chi connectivity index (χ4v) is 2.93. The molecule has 88 valence electrons. The molecule has 0 radical (unpaired) electrons. The van der Waals surface area contributed by atoms with E-state index in [-0.39, 0.29) is 5.91 Å². The van der Waals surface area contributed by atoms with Gasteiger partial charge < -0.3 is 5.32 Å². The van der Waals surface area contributed by atoms with Crippen molar-refractivity contribution in [2.45, 2.75) is 13.5 Å². The number of aryl methyl sites for hydroxylation is 1. The molecule has 0 fully saturated rings. The molecule has 17 heavy (non-hydrogen) atoms. The Morgan fingerprint density at radius 3 is 2.82 bits per heavy atom. The van der Waals surface area contributed by atoms with E-state index in [0.717, 1.165) is 20.5 Å². The number of carbonyl (C=O) groups is 1. The Kier molecular flexibility index (Phi) is 3.97. The smallest absolute Gasteiger partial charge is 0.251 e. The van der Waals surface area contributed by atoms with Gasteiger partial charge in [-0.15, -0.1) is 11.3 Å². The van der Waals surface area contributed by atoms with Crippen LogP contribution in [0.1, 0.15) is 20.8 Å². The zero-order chi connectivity index (χ0) is 12.3. The first-order valence-electron chi connectivity index (χ1n) is 5.23. The molecule has 0 unspecified atom stereocenters. The summed E-state index contributed by atoms with van der Waals surface area (Å²) < 4.78 is 1.06. The van der Waals surface area contributed by atoms with Crippen LogP contribution in [0.3, 0.4) is 0 Å². The van der Waals surface area contributed by atoms with Gasteiger partial charge in [-0.3, -0.25) is 4.79 Å². The van der Waals surface area contributed by atoms with E-state index in [1.165, 1.54) is 0 Å². The molecule has 0 bridgehead atoms. The van der Waals surface area contributed by atoms with Crippen LogP contribution in [0.25, 0.3) is 0 Å². The van der Waals surface area contributed by atoms with Gasteiger partial charge in [0.15, 0.2) is 0 Å². The summed E-state index contributed by atoms with van der Waals surface area (Å²) in [4.78, 5) is 13.1. The third-order valence-electron chi connectivity index (χ3n) is 2.43. The molecule has 0 spiro atoms. The fourth-order valence-electron chi connectivity index (χ4n) is 1.54. The predicted molar refractivity (Wildman–Crippen MR) is 74.4 cm³/mol. The summed E-state index contributed by atoms with van der Waals surface area (Å²) in [6.07, 6.45) is 0. The standard InChI is InChI=1S/C13H12BrNOS/c1-9-4-2-3-5-12(9)13(16)15-7-11-6-10(14)8-17-11/h2-6,8H,7H2,1H3,(H,15,16). The Balaban J connectivity index is 2.01. The molecule has 0 aliphatic heterocycles. The van der Waals surface area contributed by atoms with Gasteiger partial charge in [-0.2, -0.15) is 0 Å². The van der Waals surface area contributed by atoms with Gasteiger partial charge in [0.2, 0.25) is 0 Å². The quantitative estimate of drug-likeness (QED) is 0.919. The van der Waals surface area contributed by atoms with Gasteiger partial charge in [-0.25, -0.2) is 0 Å². The number of halogens is 1. The second kappa shape index (κ2) is 5.47. The Morgan fingerprint density at radius 2 is 2.18 bits per heavy atom. The van der Waals surface area contributed by atoms with Gasteiger partial charge in [0.25, 0.3) is 5.91 Å². The zero-order valence-electron chi connectivity index (χ0n) is 9.37. The van der Waals surface area contributed by atoms with Crippen LogP contribution in [0.5, 0.6) is 0 Å². The van der Waals surface area contributed by atoms with E-state index in [4.69, 9.17) is 0 Å². The normalized spacial score (nSPS) is 10.2. The van der Waals surface area contributed by atoms with Crippen molar-refractivity contribution < 1.29 is 4.79 Å². The maximum Gasteiger partial charge on any atom is 0.251 e. The monoisotopic (exact) mass is 309 g/mol. The number of benzene rings is 1. The lowest BCUT2D eigenvalue weighted by Gasteiger charge is -2.06. The molecular formula is C13H12BrNOS. The number of rotatable bonds is 3. The summed E-state index contributed by atoms with van der Waals surface area (Å²) in [5.74, 6) is -0.0207. The van der Waals surface area contributed by atoms with E-state index in [1.54, 1.807) is 11.3 Å². The van der Waals surface area contributed by atoms with Crippen molar-refractivity contribution in [2.75, 3.05) is 0 Å². The Labute approximate surface area is 113 Å². The molecule has 1 heterocycles. The van der Waals surface area contributed by atoms with E-state index >= 15 is 0 Å². The molecule has 1 aromatic carbocycles. The number of amides is 1. The number of carbonyl (C=O) groups excluding carboxylic acids is 1. The summed E-state index contributed by atoms with van der Waals surface area (Å²) in [6, 6.07) is 9.61. The van der Waals surface area contributed by atoms with Crippen molar-refractivity contribution in [3.05, 3.63) is 56.2 Å². The molecule has 0 aliphatic carbocycles. The highest BCUT2D eigenvalue weighted by atomic mass is 79.9. The lowest BCUT2D eigenvalue weighted by atomic mass is 10.1. The molecule has 1 amide bonds. The van der Waals surface area contributed by atoms with Gasteiger partial charge in [0.05, 0.1) is 6.54 Å². The van der Waals surface area contributed by atoms with Crippen LogP contribution >= 0.6 is 27.3 Å². The minimum Gasteiger partial charge on any atom is -0.347 e. The summed E-state index contributed by atoms with van der Waals surface area (Å²) >= 11 is 5.02. The van der Waals surface area contributed by atoms with Crippen molar-refractivity contribution >= 4 is 33.2 Å². The first-order valence-corrected chi connectivity index (χ1v) is 6.91. The van der Waals surface area contributed by atoms with E-state index < -0.39 is 0 Å². The molecule has 2 nitrogen and oxygen atoms in total. The van der Waals surface area contributed by atoms with E-state index in [2.05, 4.69) is 21.2 Å². The molecule has 0 saturated carbocycles. The largest absolute Gasteiger partial charge is 0.347 e. The number of nitrogens with one attached hydrogen (secondary N) is 1. The average Bonchev–Trinajstić information content (AvgIpc) is 2.73. The molecule has 0 aliphatic rings. The lowest BCUT2D eigenvalue weighted by molar-refractivity contribution is 0.0950. The van der Waals surface area contributed by atoms with Crippen molar-refractivity contribution in [3.8, 4) is 0 Å². The fraction of sp³-hybridized carbons (Fsp3) is 0.154. The van der Waals surface area contributed by atoms with Crippen molar-refractivity contribution in [3.63, 3.8) is 0 Å². The van der Waals surface area contributed by atoms with Crippen molar-refractivity contribution in [1.29, 1.82) is 0 Å².